The number of carbonyl (C=O) groups excluding carboxylic acids is 3. The Balaban J connectivity index is 1.65. The molecule has 0 aliphatic heterocycles. The number of hydrogen-bond donors (Lipinski definition) is 4. The van der Waals surface area contributed by atoms with Gasteiger partial charge in [-0.15, -0.1) is 0 Å². The lowest BCUT2D eigenvalue weighted by Crippen LogP contribution is -2.13. The van der Waals surface area contributed by atoms with Crippen LogP contribution in [0.15, 0.2) is 78.9 Å². The Morgan fingerprint density at radius 3 is 1.21 bits per heavy atom. The second kappa shape index (κ2) is 10.6. The Morgan fingerprint density at radius 2 is 0.816 bits per heavy atom. The number of phenols is 4. The predicted molar refractivity (Wildman–Crippen MR) is 132 cm³/mol. The third kappa shape index (κ3) is 6.38. The summed E-state index contributed by atoms with van der Waals surface area (Å²) < 4.78 is 15.9. The van der Waals surface area contributed by atoms with E-state index in [0.717, 1.165) is 48.0 Å². The van der Waals surface area contributed by atoms with Gasteiger partial charge in [-0.1, -0.05) is 17.7 Å². The summed E-state index contributed by atoms with van der Waals surface area (Å²) in [6.45, 7) is 1.86. The fourth-order valence-electron chi connectivity index (χ4n) is 3.34. The maximum absolute atomic E-state index is 12.9. The first kappa shape index (κ1) is 25.6. The van der Waals surface area contributed by atoms with E-state index >= 15 is 0 Å². The van der Waals surface area contributed by atoms with Crippen molar-refractivity contribution >= 4 is 17.9 Å². The monoisotopic (exact) mass is 516 g/mol. The second-order valence-corrected chi connectivity index (χ2v) is 8.15. The molecular weight excluding hydrogens is 496 g/mol. The van der Waals surface area contributed by atoms with Gasteiger partial charge in [-0.05, 0) is 55.5 Å². The Kier molecular flexibility index (Phi) is 7.15. The molecule has 192 valence electrons. The largest absolute Gasteiger partial charge is 0.508 e. The lowest BCUT2D eigenvalue weighted by molar-refractivity contribution is 0.0704. The van der Waals surface area contributed by atoms with Crippen LogP contribution in [0.1, 0.15) is 36.6 Å². The van der Waals surface area contributed by atoms with Gasteiger partial charge in [0.2, 0.25) is 0 Å². The van der Waals surface area contributed by atoms with Gasteiger partial charge in [-0.25, -0.2) is 14.4 Å². The average Bonchev–Trinajstić information content (AvgIpc) is 2.84. The van der Waals surface area contributed by atoms with Gasteiger partial charge in [0.1, 0.15) is 40.2 Å². The van der Waals surface area contributed by atoms with Gasteiger partial charge in [-0.2, -0.15) is 0 Å². The maximum Gasteiger partial charge on any atom is 0.343 e. The Bertz CT molecular complexity index is 1420. The molecule has 0 unspecified atom stereocenters. The van der Waals surface area contributed by atoms with E-state index in [9.17, 15) is 34.8 Å². The smallest absolute Gasteiger partial charge is 0.343 e. The molecule has 0 aliphatic rings. The van der Waals surface area contributed by atoms with Crippen molar-refractivity contribution in [1.82, 2.24) is 0 Å². The SMILES string of the molecule is Cc1ccc(OC(=O)c2cc(OC(=O)c3cc(O)cc(O)c3)cc(OC(=O)c3cc(O)cc(O)c3)c2)cc1. The molecule has 10 nitrogen and oxygen atoms in total. The first-order valence-electron chi connectivity index (χ1n) is 11.0. The van der Waals surface area contributed by atoms with Crippen LogP contribution in [0.2, 0.25) is 0 Å². The molecule has 0 atom stereocenters. The molecule has 0 radical (unpaired) electrons. The highest BCUT2D eigenvalue weighted by Crippen LogP contribution is 2.28. The van der Waals surface area contributed by atoms with E-state index in [1.54, 1.807) is 24.3 Å². The molecule has 4 aromatic rings. The number of phenolic OH excluding ortho intramolecular Hbond substituents is 4. The van der Waals surface area contributed by atoms with Gasteiger partial charge in [0.15, 0.2) is 0 Å². The van der Waals surface area contributed by atoms with Crippen LogP contribution in [-0.4, -0.2) is 38.3 Å². The molecule has 0 heterocycles. The third-order valence-corrected chi connectivity index (χ3v) is 5.04. The molecule has 0 aliphatic carbocycles. The number of hydrogen-bond acceptors (Lipinski definition) is 10. The van der Waals surface area contributed by atoms with Crippen molar-refractivity contribution in [2.75, 3.05) is 0 Å². The van der Waals surface area contributed by atoms with Crippen molar-refractivity contribution in [3.8, 4) is 40.2 Å². The minimum Gasteiger partial charge on any atom is -0.508 e. The maximum atomic E-state index is 12.9. The van der Waals surface area contributed by atoms with Crippen molar-refractivity contribution < 1.29 is 49.0 Å². The number of rotatable bonds is 6. The van der Waals surface area contributed by atoms with E-state index in [4.69, 9.17) is 14.2 Å². The second-order valence-electron chi connectivity index (χ2n) is 8.15. The molecule has 0 bridgehead atoms. The lowest BCUT2D eigenvalue weighted by Gasteiger charge is -2.11. The summed E-state index contributed by atoms with van der Waals surface area (Å²) in [5.41, 5.74) is 0.424. The normalized spacial score (nSPS) is 10.4. The summed E-state index contributed by atoms with van der Waals surface area (Å²) in [6.07, 6.45) is 0. The molecule has 0 aromatic heterocycles. The fraction of sp³-hybridized carbons (Fsp3) is 0.0357. The summed E-state index contributed by atoms with van der Waals surface area (Å²) in [5, 5.41) is 38.6. The molecule has 4 rings (SSSR count). The molecule has 0 spiro atoms. The number of ether oxygens (including phenoxy) is 3. The van der Waals surface area contributed by atoms with Gasteiger partial charge < -0.3 is 34.6 Å². The minimum atomic E-state index is -0.990. The van der Waals surface area contributed by atoms with Crippen molar-refractivity contribution in [2.24, 2.45) is 0 Å². The Labute approximate surface area is 215 Å². The van der Waals surface area contributed by atoms with Gasteiger partial charge >= 0.3 is 17.9 Å². The number of benzene rings is 4. The van der Waals surface area contributed by atoms with Crippen molar-refractivity contribution in [2.45, 2.75) is 6.92 Å². The van der Waals surface area contributed by atoms with Gasteiger partial charge in [0, 0.05) is 18.2 Å². The van der Waals surface area contributed by atoms with E-state index in [-0.39, 0.29) is 56.9 Å². The number of aryl methyl sites for hydroxylation is 1. The summed E-state index contributed by atoms with van der Waals surface area (Å²) in [5.74, 6) is -4.55. The molecule has 0 saturated heterocycles. The molecule has 38 heavy (non-hydrogen) atoms. The van der Waals surface area contributed by atoms with Crippen LogP contribution >= 0.6 is 0 Å². The fourth-order valence-corrected chi connectivity index (χ4v) is 3.34. The highest BCUT2D eigenvalue weighted by Gasteiger charge is 2.19. The van der Waals surface area contributed by atoms with E-state index < -0.39 is 17.9 Å². The van der Waals surface area contributed by atoms with Crippen molar-refractivity contribution in [3.63, 3.8) is 0 Å². The molecule has 10 heteroatoms. The standard InChI is InChI=1S/C28H20O10/c1-15-2-4-23(5-3-15)36-28(35)18-10-24(37-26(33)16-6-19(29)12-20(30)7-16)14-25(11-18)38-27(34)17-8-21(31)13-22(32)9-17/h2-14,29-32H,1H3. The van der Waals surface area contributed by atoms with Crippen molar-refractivity contribution in [1.29, 1.82) is 0 Å². The summed E-state index contributed by atoms with van der Waals surface area (Å²) in [7, 11) is 0. The first-order chi connectivity index (χ1) is 18.0. The Morgan fingerprint density at radius 1 is 0.474 bits per heavy atom. The molecule has 0 fully saturated rings. The quantitative estimate of drug-likeness (QED) is 0.213. The lowest BCUT2D eigenvalue weighted by atomic mass is 10.1. The number of aromatic hydroxyl groups is 4. The zero-order valence-electron chi connectivity index (χ0n) is 19.7. The molecule has 4 aromatic carbocycles. The zero-order chi connectivity index (χ0) is 27.4. The van der Waals surface area contributed by atoms with Gasteiger partial charge in [-0.3, -0.25) is 0 Å². The molecular formula is C28H20O10. The van der Waals surface area contributed by atoms with Crippen LogP contribution in [0.3, 0.4) is 0 Å². The predicted octanol–water partition coefficient (Wildman–Crippen LogP) is 4.48. The van der Waals surface area contributed by atoms with Crippen LogP contribution < -0.4 is 14.2 Å². The van der Waals surface area contributed by atoms with Crippen molar-refractivity contribution in [3.05, 3.63) is 101 Å². The van der Waals surface area contributed by atoms with Crippen LogP contribution in [0.4, 0.5) is 0 Å². The van der Waals surface area contributed by atoms with Gasteiger partial charge in [0.05, 0.1) is 16.7 Å². The zero-order valence-corrected chi connectivity index (χ0v) is 19.7. The topological polar surface area (TPSA) is 160 Å². The van der Waals surface area contributed by atoms with Crippen LogP contribution in [0.25, 0.3) is 0 Å². The molecule has 4 N–H and O–H groups in total. The third-order valence-electron chi connectivity index (χ3n) is 5.04. The highest BCUT2D eigenvalue weighted by atomic mass is 16.6. The van der Waals surface area contributed by atoms with E-state index in [1.165, 1.54) is 12.1 Å². The average molecular weight is 516 g/mol. The summed E-state index contributed by atoms with van der Waals surface area (Å²) >= 11 is 0. The van der Waals surface area contributed by atoms with E-state index in [2.05, 4.69) is 0 Å². The van der Waals surface area contributed by atoms with Gasteiger partial charge in [0.25, 0.3) is 0 Å². The summed E-state index contributed by atoms with van der Waals surface area (Å²) in [4.78, 5) is 38.1. The Hall–Kier alpha value is -5.51. The minimum absolute atomic E-state index is 0.142. The van der Waals surface area contributed by atoms with E-state index in [0.29, 0.717) is 0 Å². The molecule has 0 saturated carbocycles. The first-order valence-corrected chi connectivity index (χ1v) is 11.0. The van der Waals surface area contributed by atoms with Crippen LogP contribution in [0.5, 0.6) is 40.2 Å². The van der Waals surface area contributed by atoms with Crippen LogP contribution in [0, 0.1) is 6.92 Å². The highest BCUT2D eigenvalue weighted by molar-refractivity contribution is 5.95. The summed E-state index contributed by atoms with van der Waals surface area (Å²) in [6, 6.07) is 16.4. The number of carbonyl (C=O) groups is 3. The number of esters is 3. The molecule has 0 amide bonds. The van der Waals surface area contributed by atoms with E-state index in [1.807, 2.05) is 6.92 Å². The van der Waals surface area contributed by atoms with Crippen LogP contribution in [-0.2, 0) is 0 Å².